The van der Waals surface area contributed by atoms with Gasteiger partial charge in [-0.25, -0.2) is 0 Å². The van der Waals surface area contributed by atoms with Gasteiger partial charge in [0.15, 0.2) is 0 Å². The second-order valence-electron chi connectivity index (χ2n) is 4.03. The molecule has 0 saturated heterocycles. The van der Waals surface area contributed by atoms with Crippen LogP contribution in [0, 0.1) is 0 Å². The van der Waals surface area contributed by atoms with Crippen LogP contribution >= 0.6 is 0 Å². The molecule has 4 nitrogen and oxygen atoms in total. The number of aliphatic hydroxyl groups excluding tert-OH is 1. The second-order valence-corrected chi connectivity index (χ2v) is 4.03. The smallest absolute Gasteiger partial charge is 0.133 e. The van der Waals surface area contributed by atoms with Crippen LogP contribution in [0.1, 0.15) is 11.3 Å². The summed E-state index contributed by atoms with van der Waals surface area (Å²) in [6.45, 7) is 0.782. The lowest BCUT2D eigenvalue weighted by atomic mass is 10.1. The number of benzene rings is 1. The number of pyridine rings is 1. The van der Waals surface area contributed by atoms with E-state index in [0.717, 1.165) is 16.9 Å². The minimum Gasteiger partial charge on any atom is -0.506 e. The molecule has 1 heterocycles. The molecule has 1 aromatic heterocycles. The van der Waals surface area contributed by atoms with Crippen LogP contribution in [0.3, 0.4) is 0 Å². The first-order chi connectivity index (χ1) is 8.78. The highest BCUT2D eigenvalue weighted by Crippen LogP contribution is 2.12. The van der Waals surface area contributed by atoms with Crippen molar-refractivity contribution in [2.45, 2.75) is 13.0 Å². The first-order valence-corrected chi connectivity index (χ1v) is 5.85. The average Bonchev–Trinajstić information content (AvgIpc) is 2.40. The Kier molecular flexibility index (Phi) is 4.15. The van der Waals surface area contributed by atoms with Crippen LogP contribution in [-0.2, 0) is 13.0 Å². The number of anilines is 1. The van der Waals surface area contributed by atoms with Gasteiger partial charge in [0.2, 0.25) is 0 Å². The summed E-state index contributed by atoms with van der Waals surface area (Å²) in [6.07, 6.45) is 2.11. The quantitative estimate of drug-likeness (QED) is 0.752. The van der Waals surface area contributed by atoms with Crippen molar-refractivity contribution in [1.29, 1.82) is 0 Å². The SMILES string of the molecule is OCCc1ccc(NCc2ccc(O)cn2)cc1. The van der Waals surface area contributed by atoms with Gasteiger partial charge in [-0.1, -0.05) is 12.1 Å². The Morgan fingerprint density at radius 3 is 2.44 bits per heavy atom. The van der Waals surface area contributed by atoms with E-state index in [1.54, 1.807) is 12.1 Å². The summed E-state index contributed by atoms with van der Waals surface area (Å²) in [5.74, 6) is 0.173. The van der Waals surface area contributed by atoms with Crippen molar-refractivity contribution in [2.24, 2.45) is 0 Å². The van der Waals surface area contributed by atoms with E-state index in [2.05, 4.69) is 10.3 Å². The number of hydrogen-bond donors (Lipinski definition) is 3. The molecule has 0 saturated carbocycles. The highest BCUT2D eigenvalue weighted by molar-refractivity contribution is 5.44. The van der Waals surface area contributed by atoms with Crippen LogP contribution in [0.2, 0.25) is 0 Å². The van der Waals surface area contributed by atoms with E-state index in [-0.39, 0.29) is 12.4 Å². The third-order valence-corrected chi connectivity index (χ3v) is 2.64. The van der Waals surface area contributed by atoms with Crippen LogP contribution in [0.4, 0.5) is 5.69 Å². The Morgan fingerprint density at radius 2 is 1.83 bits per heavy atom. The lowest BCUT2D eigenvalue weighted by molar-refractivity contribution is 0.299. The maximum absolute atomic E-state index is 9.12. The highest BCUT2D eigenvalue weighted by atomic mass is 16.3. The number of aliphatic hydroxyl groups is 1. The molecule has 0 bridgehead atoms. The van der Waals surface area contributed by atoms with Gasteiger partial charge in [-0.2, -0.15) is 0 Å². The van der Waals surface area contributed by atoms with Crippen molar-refractivity contribution in [1.82, 2.24) is 4.98 Å². The average molecular weight is 244 g/mol. The molecule has 1 aromatic carbocycles. The molecule has 3 N–H and O–H groups in total. The number of rotatable bonds is 5. The molecule has 0 aliphatic rings. The molecule has 0 aliphatic carbocycles. The fraction of sp³-hybridized carbons (Fsp3) is 0.214. The van der Waals surface area contributed by atoms with Gasteiger partial charge < -0.3 is 15.5 Å². The van der Waals surface area contributed by atoms with Crippen LogP contribution in [0.5, 0.6) is 5.75 Å². The highest BCUT2D eigenvalue weighted by Gasteiger charge is 1.97. The predicted octanol–water partition coefficient (Wildman–Crippen LogP) is 1.93. The van der Waals surface area contributed by atoms with Crippen molar-refractivity contribution >= 4 is 5.69 Å². The first kappa shape index (κ1) is 12.4. The molecular formula is C14H16N2O2. The van der Waals surface area contributed by atoms with Crippen LogP contribution in [0.15, 0.2) is 42.6 Å². The molecule has 18 heavy (non-hydrogen) atoms. The van der Waals surface area contributed by atoms with E-state index in [1.807, 2.05) is 24.3 Å². The molecule has 0 unspecified atom stereocenters. The largest absolute Gasteiger partial charge is 0.506 e. The number of aromatic nitrogens is 1. The summed E-state index contributed by atoms with van der Waals surface area (Å²) in [5, 5.41) is 21.2. The van der Waals surface area contributed by atoms with E-state index in [4.69, 9.17) is 10.2 Å². The fourth-order valence-electron chi connectivity index (χ4n) is 1.63. The first-order valence-electron chi connectivity index (χ1n) is 5.85. The van der Waals surface area contributed by atoms with Crippen molar-refractivity contribution < 1.29 is 10.2 Å². The predicted molar refractivity (Wildman–Crippen MR) is 70.5 cm³/mol. The zero-order valence-electron chi connectivity index (χ0n) is 10.0. The summed E-state index contributed by atoms with van der Waals surface area (Å²) >= 11 is 0. The lowest BCUT2D eigenvalue weighted by Crippen LogP contribution is -2.01. The van der Waals surface area contributed by atoms with Gasteiger partial charge in [0.05, 0.1) is 18.4 Å². The third-order valence-electron chi connectivity index (χ3n) is 2.64. The van der Waals surface area contributed by atoms with E-state index in [1.165, 1.54) is 6.20 Å². The molecule has 0 spiro atoms. The van der Waals surface area contributed by atoms with Crippen molar-refractivity contribution in [3.63, 3.8) is 0 Å². The number of hydrogen-bond acceptors (Lipinski definition) is 4. The van der Waals surface area contributed by atoms with Crippen LogP contribution in [-0.4, -0.2) is 21.8 Å². The molecule has 4 heteroatoms. The minimum atomic E-state index is 0.171. The van der Waals surface area contributed by atoms with Crippen molar-refractivity contribution in [2.75, 3.05) is 11.9 Å². The summed E-state index contributed by atoms with van der Waals surface area (Å²) in [4.78, 5) is 4.09. The van der Waals surface area contributed by atoms with Gasteiger partial charge in [-0.05, 0) is 36.2 Å². The molecule has 2 aromatic rings. The molecule has 0 aliphatic heterocycles. The Bertz CT molecular complexity index is 480. The zero-order valence-corrected chi connectivity index (χ0v) is 10.0. The standard InChI is InChI=1S/C14H16N2O2/c17-8-7-11-1-3-12(4-2-11)15-9-13-5-6-14(18)10-16-13/h1-6,10,15,17-18H,7-9H2. The van der Waals surface area contributed by atoms with Crippen molar-refractivity contribution in [3.8, 4) is 5.75 Å². The number of nitrogens with one attached hydrogen (secondary N) is 1. The Morgan fingerprint density at radius 1 is 1.06 bits per heavy atom. The van der Waals surface area contributed by atoms with Crippen LogP contribution in [0.25, 0.3) is 0 Å². The minimum absolute atomic E-state index is 0.171. The topological polar surface area (TPSA) is 65.4 Å². The van der Waals surface area contributed by atoms with Crippen molar-refractivity contribution in [3.05, 3.63) is 53.9 Å². The molecule has 0 fully saturated rings. The summed E-state index contributed by atoms with van der Waals surface area (Å²) < 4.78 is 0. The second kappa shape index (κ2) is 6.02. The lowest BCUT2D eigenvalue weighted by Gasteiger charge is -2.07. The van der Waals surface area contributed by atoms with Gasteiger partial charge in [0.1, 0.15) is 5.75 Å². The number of aromatic hydroxyl groups is 1. The van der Waals surface area contributed by atoms with E-state index in [9.17, 15) is 0 Å². The van der Waals surface area contributed by atoms with Gasteiger partial charge >= 0.3 is 0 Å². The summed E-state index contributed by atoms with van der Waals surface area (Å²) in [5.41, 5.74) is 2.99. The molecular weight excluding hydrogens is 228 g/mol. The van der Waals surface area contributed by atoms with Gasteiger partial charge in [-0.15, -0.1) is 0 Å². The number of nitrogens with zero attached hydrogens (tertiary/aromatic N) is 1. The normalized spacial score (nSPS) is 10.3. The zero-order chi connectivity index (χ0) is 12.8. The maximum Gasteiger partial charge on any atom is 0.133 e. The molecule has 0 radical (unpaired) electrons. The van der Waals surface area contributed by atoms with E-state index >= 15 is 0 Å². The fourth-order valence-corrected chi connectivity index (χ4v) is 1.63. The molecule has 0 atom stereocenters. The van der Waals surface area contributed by atoms with Gasteiger partial charge in [0, 0.05) is 12.3 Å². The summed E-state index contributed by atoms with van der Waals surface area (Å²) in [6, 6.07) is 11.3. The third kappa shape index (κ3) is 3.46. The Labute approximate surface area is 106 Å². The maximum atomic E-state index is 9.12. The molecule has 94 valence electrons. The monoisotopic (exact) mass is 244 g/mol. The van der Waals surface area contributed by atoms with E-state index in [0.29, 0.717) is 13.0 Å². The van der Waals surface area contributed by atoms with Crippen LogP contribution < -0.4 is 5.32 Å². The summed E-state index contributed by atoms with van der Waals surface area (Å²) in [7, 11) is 0. The van der Waals surface area contributed by atoms with Gasteiger partial charge in [-0.3, -0.25) is 4.98 Å². The Hall–Kier alpha value is -2.07. The molecule has 2 rings (SSSR count). The van der Waals surface area contributed by atoms with Gasteiger partial charge in [0.25, 0.3) is 0 Å². The Balaban J connectivity index is 1.91. The molecule has 0 amide bonds. The van der Waals surface area contributed by atoms with E-state index < -0.39 is 0 Å².